The Balaban J connectivity index is 1.77. The molecule has 7 nitrogen and oxygen atoms in total. The lowest BCUT2D eigenvalue weighted by Gasteiger charge is -2.22. The molecule has 1 heterocycles. The fraction of sp³-hybridized carbons (Fsp3) is 0.650. The first-order valence-corrected chi connectivity index (χ1v) is 9.71. The molecule has 7 heteroatoms. The predicted molar refractivity (Wildman–Crippen MR) is 103 cm³/mol. The number of benzene rings is 1. The molecule has 152 valence electrons. The van der Waals surface area contributed by atoms with Crippen molar-refractivity contribution in [3.05, 3.63) is 23.8 Å². The van der Waals surface area contributed by atoms with Gasteiger partial charge in [0, 0.05) is 11.1 Å². The van der Waals surface area contributed by atoms with Crippen molar-refractivity contribution >= 4 is 5.91 Å². The van der Waals surface area contributed by atoms with Crippen molar-refractivity contribution in [2.45, 2.75) is 32.9 Å². The van der Waals surface area contributed by atoms with Crippen molar-refractivity contribution in [3.63, 3.8) is 0 Å². The van der Waals surface area contributed by atoms with E-state index in [0.717, 1.165) is 45.9 Å². The first-order valence-electron chi connectivity index (χ1n) is 9.71. The normalized spacial score (nSPS) is 15.4. The SMILES string of the molecule is COc1cc(C[NH2+]CC[NH+]2CCOCC2)ccc1OCC(=O)NC(C)(C)C. The summed E-state index contributed by atoms with van der Waals surface area (Å²) in [6.45, 7) is 12.9. The second-order valence-electron chi connectivity index (χ2n) is 7.97. The van der Waals surface area contributed by atoms with Gasteiger partial charge in [-0.25, -0.2) is 0 Å². The molecule has 4 N–H and O–H groups in total. The molecule has 1 saturated heterocycles. The van der Waals surface area contributed by atoms with Gasteiger partial charge in [0.05, 0.1) is 20.3 Å². The van der Waals surface area contributed by atoms with E-state index in [9.17, 15) is 4.79 Å². The number of morpholine rings is 1. The molecule has 2 rings (SSSR count). The summed E-state index contributed by atoms with van der Waals surface area (Å²) in [7, 11) is 1.62. The Bertz CT molecular complexity index is 595. The quantitative estimate of drug-likeness (QED) is 0.478. The minimum Gasteiger partial charge on any atom is -0.493 e. The summed E-state index contributed by atoms with van der Waals surface area (Å²) in [6, 6.07) is 5.88. The smallest absolute Gasteiger partial charge is 0.258 e. The standard InChI is InChI=1S/C20H33N3O4/c1-20(2,3)22-19(24)15-27-17-6-5-16(13-18(17)25-4)14-21-7-8-23-9-11-26-12-10-23/h5-6,13,21H,7-12,14-15H2,1-4H3,(H,22,24)/p+2. The fourth-order valence-electron chi connectivity index (χ4n) is 3.04. The van der Waals surface area contributed by atoms with Crippen LogP contribution in [0.3, 0.4) is 0 Å². The lowest BCUT2D eigenvalue weighted by molar-refractivity contribution is -0.920. The van der Waals surface area contributed by atoms with Gasteiger partial charge < -0.3 is 29.7 Å². The van der Waals surface area contributed by atoms with Crippen LogP contribution in [0.4, 0.5) is 0 Å². The van der Waals surface area contributed by atoms with Crippen LogP contribution in [0.25, 0.3) is 0 Å². The van der Waals surface area contributed by atoms with Gasteiger partial charge in [0.25, 0.3) is 5.91 Å². The molecule has 1 aliphatic heterocycles. The van der Waals surface area contributed by atoms with Gasteiger partial charge in [0.1, 0.15) is 32.7 Å². The molecule has 0 spiro atoms. The number of nitrogens with one attached hydrogen (secondary N) is 2. The van der Waals surface area contributed by atoms with Gasteiger partial charge in [-0.05, 0) is 39.0 Å². The Hall–Kier alpha value is -1.83. The van der Waals surface area contributed by atoms with Crippen molar-refractivity contribution < 1.29 is 29.2 Å². The molecule has 1 aromatic carbocycles. The molecule has 0 unspecified atom stereocenters. The van der Waals surface area contributed by atoms with E-state index in [0.29, 0.717) is 11.5 Å². The van der Waals surface area contributed by atoms with Crippen LogP contribution in [0, 0.1) is 0 Å². The van der Waals surface area contributed by atoms with Crippen LogP contribution < -0.4 is 25.0 Å². The molecule has 27 heavy (non-hydrogen) atoms. The molecule has 0 aliphatic carbocycles. The number of nitrogens with two attached hydrogens (primary N) is 1. The highest BCUT2D eigenvalue weighted by atomic mass is 16.5. The number of carbonyl (C=O) groups excluding carboxylic acids is 1. The first-order chi connectivity index (χ1) is 12.9. The van der Waals surface area contributed by atoms with Gasteiger partial charge >= 0.3 is 0 Å². The molecule has 1 fully saturated rings. The number of methoxy groups -OCH3 is 1. The van der Waals surface area contributed by atoms with Gasteiger partial charge in [-0.3, -0.25) is 4.79 Å². The molecule has 0 radical (unpaired) electrons. The van der Waals surface area contributed by atoms with E-state index >= 15 is 0 Å². The third-order valence-corrected chi connectivity index (χ3v) is 4.38. The summed E-state index contributed by atoms with van der Waals surface area (Å²) in [5.41, 5.74) is 0.906. The van der Waals surface area contributed by atoms with Crippen molar-refractivity contribution in [1.82, 2.24) is 5.32 Å². The number of quaternary nitrogens is 2. The molecule has 1 aliphatic rings. The third kappa shape index (κ3) is 8.15. The summed E-state index contributed by atoms with van der Waals surface area (Å²) in [5, 5.41) is 5.19. The van der Waals surface area contributed by atoms with Crippen LogP contribution in [0.15, 0.2) is 18.2 Å². The summed E-state index contributed by atoms with van der Waals surface area (Å²) >= 11 is 0. The Morgan fingerprint density at radius 2 is 2.00 bits per heavy atom. The maximum absolute atomic E-state index is 11.9. The topological polar surface area (TPSA) is 77.8 Å². The molecular formula is C20H35N3O4+2. The zero-order valence-corrected chi connectivity index (χ0v) is 17.1. The third-order valence-electron chi connectivity index (χ3n) is 4.38. The van der Waals surface area contributed by atoms with E-state index in [4.69, 9.17) is 14.2 Å². The zero-order chi connectivity index (χ0) is 19.7. The monoisotopic (exact) mass is 381 g/mol. The lowest BCUT2D eigenvalue weighted by Crippen LogP contribution is -3.16. The minimum absolute atomic E-state index is 0.0264. The summed E-state index contributed by atoms with van der Waals surface area (Å²) in [6.07, 6.45) is 0. The molecule has 0 bridgehead atoms. The Labute approximate surface area is 162 Å². The Morgan fingerprint density at radius 3 is 2.67 bits per heavy atom. The van der Waals surface area contributed by atoms with Crippen molar-refractivity contribution in [1.29, 1.82) is 0 Å². The predicted octanol–water partition coefficient (Wildman–Crippen LogP) is -1.03. The highest BCUT2D eigenvalue weighted by molar-refractivity contribution is 5.78. The van der Waals surface area contributed by atoms with E-state index in [2.05, 4.69) is 10.6 Å². The van der Waals surface area contributed by atoms with Crippen molar-refractivity contribution in [3.8, 4) is 11.5 Å². The van der Waals surface area contributed by atoms with E-state index in [1.807, 2.05) is 39.0 Å². The molecular weight excluding hydrogens is 346 g/mol. The summed E-state index contributed by atoms with van der Waals surface area (Å²) in [5.74, 6) is 1.10. The Morgan fingerprint density at radius 1 is 1.26 bits per heavy atom. The summed E-state index contributed by atoms with van der Waals surface area (Å²) < 4.78 is 16.5. The maximum Gasteiger partial charge on any atom is 0.258 e. The highest BCUT2D eigenvalue weighted by Crippen LogP contribution is 2.27. The van der Waals surface area contributed by atoms with Gasteiger partial charge in [-0.2, -0.15) is 0 Å². The van der Waals surface area contributed by atoms with Gasteiger partial charge in [0.15, 0.2) is 18.1 Å². The highest BCUT2D eigenvalue weighted by Gasteiger charge is 2.16. The van der Waals surface area contributed by atoms with Crippen LogP contribution in [0.1, 0.15) is 26.3 Å². The largest absolute Gasteiger partial charge is 0.493 e. The number of amides is 1. The zero-order valence-electron chi connectivity index (χ0n) is 17.1. The number of hydrogen-bond acceptors (Lipinski definition) is 4. The van der Waals surface area contributed by atoms with E-state index in [-0.39, 0.29) is 18.1 Å². The van der Waals surface area contributed by atoms with Crippen LogP contribution >= 0.6 is 0 Å². The van der Waals surface area contributed by atoms with Crippen LogP contribution in [-0.4, -0.2) is 64.6 Å². The average molecular weight is 382 g/mol. The van der Waals surface area contributed by atoms with Crippen LogP contribution in [0.2, 0.25) is 0 Å². The molecule has 0 aromatic heterocycles. The molecule has 1 aromatic rings. The Kier molecular flexibility index (Phi) is 8.34. The fourth-order valence-corrected chi connectivity index (χ4v) is 3.04. The molecule has 0 saturated carbocycles. The van der Waals surface area contributed by atoms with Crippen LogP contribution in [-0.2, 0) is 16.1 Å². The minimum atomic E-state index is -0.271. The van der Waals surface area contributed by atoms with Gasteiger partial charge in [-0.1, -0.05) is 0 Å². The molecule has 0 atom stereocenters. The maximum atomic E-state index is 11.9. The second-order valence-corrected chi connectivity index (χ2v) is 7.97. The van der Waals surface area contributed by atoms with Gasteiger partial charge in [0.2, 0.25) is 0 Å². The second kappa shape index (κ2) is 10.5. The van der Waals surface area contributed by atoms with E-state index in [1.54, 1.807) is 12.0 Å². The average Bonchev–Trinajstić information content (AvgIpc) is 2.63. The number of hydrogen-bond donors (Lipinski definition) is 3. The first kappa shape index (κ1) is 21.5. The number of ether oxygens (including phenoxy) is 3. The van der Waals surface area contributed by atoms with Crippen molar-refractivity contribution in [2.75, 3.05) is 53.1 Å². The number of rotatable bonds is 9. The van der Waals surface area contributed by atoms with Gasteiger partial charge in [-0.15, -0.1) is 0 Å². The number of carbonyl (C=O) groups is 1. The van der Waals surface area contributed by atoms with E-state index < -0.39 is 0 Å². The van der Waals surface area contributed by atoms with Crippen LogP contribution in [0.5, 0.6) is 11.5 Å². The summed E-state index contributed by atoms with van der Waals surface area (Å²) in [4.78, 5) is 13.5. The lowest BCUT2D eigenvalue weighted by atomic mass is 10.1. The van der Waals surface area contributed by atoms with E-state index in [1.165, 1.54) is 5.56 Å². The van der Waals surface area contributed by atoms with Crippen molar-refractivity contribution in [2.24, 2.45) is 0 Å². The molecule has 1 amide bonds.